The van der Waals surface area contributed by atoms with E-state index in [2.05, 4.69) is 42.2 Å². The van der Waals surface area contributed by atoms with E-state index < -0.39 is 0 Å². The molecule has 19 heavy (non-hydrogen) atoms. The van der Waals surface area contributed by atoms with E-state index in [4.69, 9.17) is 0 Å². The lowest BCUT2D eigenvalue weighted by Gasteiger charge is -2.07. The highest BCUT2D eigenvalue weighted by atomic mass is 79.9. The number of hydrogen-bond acceptors (Lipinski definition) is 3. The minimum absolute atomic E-state index is 0.0209. The summed E-state index contributed by atoms with van der Waals surface area (Å²) in [6.45, 7) is 1.91. The van der Waals surface area contributed by atoms with E-state index in [1.54, 1.807) is 24.4 Å². The molecule has 2 N–H and O–H groups in total. The van der Waals surface area contributed by atoms with Crippen molar-refractivity contribution in [3.05, 3.63) is 50.5 Å². The molecule has 1 aromatic heterocycles. The number of carbonyl (C=O) groups excluding carboxylic acids is 1. The van der Waals surface area contributed by atoms with Crippen molar-refractivity contribution in [2.45, 2.75) is 6.92 Å². The third kappa shape index (κ3) is 3.33. The molecular formula is C13H10Br2N2O2. The van der Waals surface area contributed by atoms with Crippen molar-refractivity contribution in [2.75, 3.05) is 5.32 Å². The van der Waals surface area contributed by atoms with E-state index in [1.165, 1.54) is 6.07 Å². The summed E-state index contributed by atoms with van der Waals surface area (Å²) in [5, 5.41) is 12.2. The number of aryl methyl sites for hydroxylation is 1. The van der Waals surface area contributed by atoms with Crippen molar-refractivity contribution in [1.29, 1.82) is 0 Å². The number of nitrogens with one attached hydrogen (secondary N) is 1. The minimum atomic E-state index is -0.322. The molecule has 1 amide bonds. The number of hydrogen-bond donors (Lipinski definition) is 2. The fraction of sp³-hybridized carbons (Fsp3) is 0.0769. The first kappa shape index (κ1) is 14.0. The van der Waals surface area contributed by atoms with Gasteiger partial charge in [0.15, 0.2) is 0 Å². The van der Waals surface area contributed by atoms with Crippen molar-refractivity contribution >= 4 is 43.6 Å². The fourth-order valence-corrected chi connectivity index (χ4v) is 1.91. The second-order valence-electron chi connectivity index (χ2n) is 3.94. The zero-order chi connectivity index (χ0) is 14.0. The Balaban J connectivity index is 2.20. The Morgan fingerprint density at radius 1 is 1.26 bits per heavy atom. The molecule has 0 radical (unpaired) electrons. The lowest BCUT2D eigenvalue weighted by atomic mass is 10.2. The molecule has 0 bridgehead atoms. The average molecular weight is 386 g/mol. The van der Waals surface area contributed by atoms with Crippen LogP contribution < -0.4 is 5.32 Å². The van der Waals surface area contributed by atoms with Crippen LogP contribution in [0.15, 0.2) is 39.4 Å². The molecule has 0 aliphatic heterocycles. The molecule has 98 valence electrons. The molecular weight excluding hydrogens is 376 g/mol. The molecule has 0 unspecified atom stereocenters. The van der Waals surface area contributed by atoms with Gasteiger partial charge in [0.25, 0.3) is 5.91 Å². The van der Waals surface area contributed by atoms with E-state index in [-0.39, 0.29) is 11.7 Å². The van der Waals surface area contributed by atoms with Crippen molar-refractivity contribution < 1.29 is 9.90 Å². The zero-order valence-corrected chi connectivity index (χ0v) is 13.1. The smallest absolute Gasteiger partial charge is 0.256 e. The van der Waals surface area contributed by atoms with Crippen LogP contribution in [0.3, 0.4) is 0 Å². The number of aromatic hydroxyl groups is 1. The Morgan fingerprint density at radius 2 is 2.00 bits per heavy atom. The number of nitrogens with zero attached hydrogens (tertiary/aromatic N) is 1. The second kappa shape index (κ2) is 5.71. The van der Waals surface area contributed by atoms with E-state index in [1.807, 2.05) is 6.92 Å². The standard InChI is InChI=1S/C13H10Br2N2O2/c1-7-4-12(16-6-10(7)15)17-13(19)8-2-3-9(14)11(18)5-8/h2-6,18H,1H3,(H,16,17,19). The Kier molecular flexibility index (Phi) is 4.21. The van der Waals surface area contributed by atoms with Crippen LogP contribution >= 0.6 is 31.9 Å². The lowest BCUT2D eigenvalue weighted by Crippen LogP contribution is -2.13. The zero-order valence-electron chi connectivity index (χ0n) is 9.95. The number of carbonyl (C=O) groups is 1. The van der Waals surface area contributed by atoms with E-state index in [0.29, 0.717) is 15.9 Å². The van der Waals surface area contributed by atoms with Crippen molar-refractivity contribution in [1.82, 2.24) is 4.98 Å². The number of pyridine rings is 1. The number of amides is 1. The first-order valence-corrected chi connectivity index (χ1v) is 6.98. The predicted octanol–water partition coefficient (Wildman–Crippen LogP) is 3.87. The number of phenols is 1. The molecule has 0 spiro atoms. The van der Waals surface area contributed by atoms with Crippen LogP contribution in [-0.4, -0.2) is 16.0 Å². The molecule has 2 aromatic rings. The highest BCUT2D eigenvalue weighted by molar-refractivity contribution is 9.10. The Bertz CT molecular complexity index is 645. The van der Waals surface area contributed by atoms with Gasteiger partial charge in [-0.2, -0.15) is 0 Å². The summed E-state index contributed by atoms with van der Waals surface area (Å²) in [5.41, 5.74) is 1.34. The quantitative estimate of drug-likeness (QED) is 0.824. The molecule has 2 rings (SSSR count). The number of halogens is 2. The summed E-state index contributed by atoms with van der Waals surface area (Å²) < 4.78 is 1.42. The van der Waals surface area contributed by atoms with Gasteiger partial charge < -0.3 is 10.4 Å². The Morgan fingerprint density at radius 3 is 2.63 bits per heavy atom. The molecule has 0 saturated heterocycles. The fourth-order valence-electron chi connectivity index (χ4n) is 1.45. The summed E-state index contributed by atoms with van der Waals surface area (Å²) in [6.07, 6.45) is 1.63. The van der Waals surface area contributed by atoms with Gasteiger partial charge in [0.2, 0.25) is 0 Å². The van der Waals surface area contributed by atoms with Crippen LogP contribution in [0.2, 0.25) is 0 Å². The maximum atomic E-state index is 12.0. The first-order valence-electron chi connectivity index (χ1n) is 5.39. The summed E-state index contributed by atoms with van der Waals surface area (Å²) in [5.74, 6) is 0.165. The Labute approximate surface area is 127 Å². The molecule has 1 aromatic carbocycles. The van der Waals surface area contributed by atoms with Gasteiger partial charge in [0.05, 0.1) is 4.47 Å². The van der Waals surface area contributed by atoms with Gasteiger partial charge in [0.1, 0.15) is 11.6 Å². The topological polar surface area (TPSA) is 62.2 Å². The van der Waals surface area contributed by atoms with E-state index >= 15 is 0 Å². The van der Waals surface area contributed by atoms with Gasteiger partial charge in [-0.3, -0.25) is 4.79 Å². The molecule has 0 aliphatic rings. The number of benzene rings is 1. The van der Waals surface area contributed by atoms with E-state index in [0.717, 1.165) is 10.0 Å². The summed E-state index contributed by atoms with van der Waals surface area (Å²) in [6, 6.07) is 6.39. The maximum Gasteiger partial charge on any atom is 0.256 e. The van der Waals surface area contributed by atoms with Gasteiger partial charge in [-0.1, -0.05) is 0 Å². The largest absolute Gasteiger partial charge is 0.507 e. The molecule has 0 saturated carbocycles. The molecule has 4 nitrogen and oxygen atoms in total. The van der Waals surface area contributed by atoms with Gasteiger partial charge in [-0.15, -0.1) is 0 Å². The molecule has 0 fully saturated rings. The summed E-state index contributed by atoms with van der Waals surface area (Å²) >= 11 is 6.51. The van der Waals surface area contributed by atoms with Crippen LogP contribution in [0.1, 0.15) is 15.9 Å². The second-order valence-corrected chi connectivity index (χ2v) is 5.65. The molecule has 0 aliphatic carbocycles. The molecule has 1 heterocycles. The molecule has 6 heteroatoms. The van der Waals surface area contributed by atoms with Gasteiger partial charge in [0, 0.05) is 16.2 Å². The van der Waals surface area contributed by atoms with Crippen molar-refractivity contribution in [3.8, 4) is 5.75 Å². The van der Waals surface area contributed by atoms with Gasteiger partial charge >= 0.3 is 0 Å². The lowest BCUT2D eigenvalue weighted by molar-refractivity contribution is 0.102. The summed E-state index contributed by atoms with van der Waals surface area (Å²) in [4.78, 5) is 16.1. The monoisotopic (exact) mass is 384 g/mol. The minimum Gasteiger partial charge on any atom is -0.507 e. The van der Waals surface area contributed by atoms with Crippen LogP contribution in [-0.2, 0) is 0 Å². The number of aromatic nitrogens is 1. The van der Waals surface area contributed by atoms with Crippen LogP contribution in [0, 0.1) is 6.92 Å². The van der Waals surface area contributed by atoms with Gasteiger partial charge in [-0.05, 0) is 68.6 Å². The normalized spacial score (nSPS) is 10.3. The van der Waals surface area contributed by atoms with Crippen molar-refractivity contribution in [3.63, 3.8) is 0 Å². The maximum absolute atomic E-state index is 12.0. The van der Waals surface area contributed by atoms with Crippen LogP contribution in [0.4, 0.5) is 5.82 Å². The third-order valence-corrected chi connectivity index (χ3v) is 4.00. The summed E-state index contributed by atoms with van der Waals surface area (Å²) in [7, 11) is 0. The van der Waals surface area contributed by atoms with Crippen LogP contribution in [0.5, 0.6) is 5.75 Å². The highest BCUT2D eigenvalue weighted by Gasteiger charge is 2.09. The van der Waals surface area contributed by atoms with E-state index in [9.17, 15) is 9.90 Å². The Hall–Kier alpha value is -1.40. The predicted molar refractivity (Wildman–Crippen MR) is 80.4 cm³/mol. The highest BCUT2D eigenvalue weighted by Crippen LogP contribution is 2.25. The first-order chi connectivity index (χ1) is 8.97. The number of phenolic OH excluding ortho intramolecular Hbond substituents is 1. The third-order valence-electron chi connectivity index (χ3n) is 2.50. The van der Waals surface area contributed by atoms with Crippen molar-refractivity contribution in [2.24, 2.45) is 0 Å². The molecule has 0 atom stereocenters. The van der Waals surface area contributed by atoms with Crippen LogP contribution in [0.25, 0.3) is 0 Å². The number of rotatable bonds is 2. The number of anilines is 1. The van der Waals surface area contributed by atoms with Gasteiger partial charge in [-0.25, -0.2) is 4.98 Å². The SMILES string of the molecule is Cc1cc(NC(=O)c2ccc(Br)c(O)c2)ncc1Br. The average Bonchev–Trinajstić information content (AvgIpc) is 2.37.